The number of phosphoric acid groups is 2. The molecule has 0 saturated carbocycles. The maximum atomic E-state index is 13.0. The van der Waals surface area contributed by atoms with Crippen LogP contribution in [0.1, 0.15) is 310 Å². The van der Waals surface area contributed by atoms with Gasteiger partial charge in [0.05, 0.1) is 32.8 Å². The predicted molar refractivity (Wildman–Crippen MR) is 381 cm³/mol. The summed E-state index contributed by atoms with van der Waals surface area (Å²) in [6.45, 7) is 4.61. The van der Waals surface area contributed by atoms with Gasteiger partial charge in [0.25, 0.3) is 0 Å². The SMILES string of the molecule is CC/C=C\C/C=C\C/C=C\C/C=C\C/C=C\CC(=O)OCC(COP(=O)(O)OCC(O)COP(=O)(O)OCC(COC(=O)CCCCCCC/C=C\CCCCCC)OC(=O)CCCCCCCCCCCCC)OC(=O)CCCCCCC/C=C\CCCCCCCC. The van der Waals surface area contributed by atoms with E-state index in [1.807, 2.05) is 18.2 Å². The molecule has 0 amide bonds. The van der Waals surface area contributed by atoms with Gasteiger partial charge in [0.1, 0.15) is 19.3 Å². The van der Waals surface area contributed by atoms with Gasteiger partial charge in [-0.1, -0.05) is 267 Å². The highest BCUT2D eigenvalue weighted by Crippen LogP contribution is 2.45. The third-order valence-corrected chi connectivity index (χ3v) is 17.3. The van der Waals surface area contributed by atoms with Crippen LogP contribution in [0.5, 0.6) is 0 Å². The Balaban J connectivity index is 5.39. The number of ether oxygens (including phenoxy) is 4. The number of unbranched alkanes of at least 4 members (excludes halogenated alkanes) is 30. The van der Waals surface area contributed by atoms with Crippen molar-refractivity contribution < 1.29 is 80.2 Å². The molecule has 0 spiro atoms. The van der Waals surface area contributed by atoms with E-state index in [0.717, 1.165) is 128 Å². The minimum Gasteiger partial charge on any atom is -0.462 e. The highest BCUT2D eigenvalue weighted by molar-refractivity contribution is 7.47. The first kappa shape index (κ1) is 90.2. The zero-order chi connectivity index (χ0) is 69.0. The fraction of sp³-hybridized carbons (Fsp3) is 0.760. The minimum atomic E-state index is -4.99. The van der Waals surface area contributed by atoms with E-state index in [2.05, 4.69) is 88.5 Å². The molecule has 94 heavy (non-hydrogen) atoms. The summed E-state index contributed by atoms with van der Waals surface area (Å²) in [7, 11) is -9.96. The maximum absolute atomic E-state index is 13.0. The van der Waals surface area contributed by atoms with Crippen molar-refractivity contribution >= 4 is 39.5 Å². The van der Waals surface area contributed by atoms with Crippen molar-refractivity contribution in [3.63, 3.8) is 0 Å². The van der Waals surface area contributed by atoms with Crippen LogP contribution in [0, 0.1) is 0 Å². The van der Waals surface area contributed by atoms with E-state index < -0.39 is 97.5 Å². The third kappa shape index (κ3) is 66.8. The van der Waals surface area contributed by atoms with Gasteiger partial charge in [0, 0.05) is 19.3 Å². The molecule has 17 nitrogen and oxygen atoms in total. The molecule has 3 N–H and O–H groups in total. The smallest absolute Gasteiger partial charge is 0.462 e. The summed E-state index contributed by atoms with van der Waals surface area (Å²) < 4.78 is 68.2. The topological polar surface area (TPSA) is 237 Å². The van der Waals surface area contributed by atoms with Gasteiger partial charge in [-0.2, -0.15) is 0 Å². The molecular weight excluding hydrogens is 1230 g/mol. The molecule has 0 bridgehead atoms. The normalized spacial score (nSPS) is 14.5. The highest BCUT2D eigenvalue weighted by atomic mass is 31.2. The maximum Gasteiger partial charge on any atom is 0.472 e. The Morgan fingerprint density at radius 2 is 0.596 bits per heavy atom. The fourth-order valence-corrected chi connectivity index (χ4v) is 11.3. The third-order valence-electron chi connectivity index (χ3n) is 15.4. The summed E-state index contributed by atoms with van der Waals surface area (Å²) in [5, 5.41) is 10.6. The molecule has 0 aromatic rings. The Bertz CT molecular complexity index is 2120. The van der Waals surface area contributed by atoms with Gasteiger partial charge < -0.3 is 33.8 Å². The lowest BCUT2D eigenvalue weighted by atomic mass is 10.1. The van der Waals surface area contributed by atoms with Crippen molar-refractivity contribution in [2.45, 2.75) is 329 Å². The van der Waals surface area contributed by atoms with E-state index in [0.29, 0.717) is 25.7 Å². The first-order valence-electron chi connectivity index (χ1n) is 36.8. The van der Waals surface area contributed by atoms with E-state index in [4.69, 9.17) is 37.0 Å². The number of hydrogen-bond donors (Lipinski definition) is 3. The lowest BCUT2D eigenvalue weighted by Gasteiger charge is -2.21. The molecule has 0 aromatic heterocycles. The quantitative estimate of drug-likeness (QED) is 0.0169. The number of rotatable bonds is 69. The lowest BCUT2D eigenvalue weighted by molar-refractivity contribution is -0.161. The van der Waals surface area contributed by atoms with Gasteiger partial charge in [0.2, 0.25) is 0 Å². The van der Waals surface area contributed by atoms with E-state index >= 15 is 0 Å². The van der Waals surface area contributed by atoms with Crippen LogP contribution in [-0.4, -0.2) is 96.7 Å². The molecule has 0 aliphatic carbocycles. The number of allylic oxidation sites excluding steroid dienone is 13. The second kappa shape index (κ2) is 67.8. The zero-order valence-electron chi connectivity index (χ0n) is 59.1. The van der Waals surface area contributed by atoms with Gasteiger partial charge in [-0.3, -0.25) is 37.3 Å². The molecule has 19 heteroatoms. The van der Waals surface area contributed by atoms with Gasteiger partial charge in [-0.15, -0.1) is 0 Å². The Morgan fingerprint density at radius 1 is 0.319 bits per heavy atom. The first-order chi connectivity index (χ1) is 45.7. The molecule has 0 rings (SSSR count). The molecule has 0 fully saturated rings. The minimum absolute atomic E-state index is 0.0670. The number of phosphoric ester groups is 2. The molecule has 0 aliphatic heterocycles. The molecule has 0 aliphatic rings. The van der Waals surface area contributed by atoms with Crippen LogP contribution in [0.15, 0.2) is 85.1 Å². The molecule has 0 aromatic carbocycles. The monoisotopic (exact) mass is 1370 g/mol. The molecule has 0 heterocycles. The second-order valence-corrected chi connectivity index (χ2v) is 27.4. The molecular formula is C75H132O17P2. The average Bonchev–Trinajstić information content (AvgIpc) is 1.36. The summed E-state index contributed by atoms with van der Waals surface area (Å²) in [6, 6.07) is 0. The summed E-state index contributed by atoms with van der Waals surface area (Å²) in [6.07, 6.45) is 67.6. The molecule has 5 atom stereocenters. The van der Waals surface area contributed by atoms with Crippen LogP contribution in [0.2, 0.25) is 0 Å². The van der Waals surface area contributed by atoms with Crippen LogP contribution < -0.4 is 0 Å². The van der Waals surface area contributed by atoms with Crippen molar-refractivity contribution in [3.8, 4) is 0 Å². The van der Waals surface area contributed by atoms with Crippen molar-refractivity contribution in [2.75, 3.05) is 39.6 Å². The Hall–Kier alpha value is -3.76. The summed E-state index contributed by atoms with van der Waals surface area (Å²) in [5.74, 6) is -2.33. The van der Waals surface area contributed by atoms with Crippen molar-refractivity contribution in [3.05, 3.63) is 85.1 Å². The van der Waals surface area contributed by atoms with Gasteiger partial charge in [-0.05, 0) is 103 Å². The fourth-order valence-electron chi connectivity index (χ4n) is 9.75. The van der Waals surface area contributed by atoms with E-state index in [9.17, 15) is 43.2 Å². The average molecular weight is 1370 g/mol. The number of carbonyl (C=O) groups excluding carboxylic acids is 4. The van der Waals surface area contributed by atoms with Crippen LogP contribution in [0.25, 0.3) is 0 Å². The Kier molecular flexibility index (Phi) is 65.1. The van der Waals surface area contributed by atoms with E-state index in [-0.39, 0.29) is 25.7 Å². The van der Waals surface area contributed by atoms with Gasteiger partial charge in [-0.25, -0.2) is 9.13 Å². The van der Waals surface area contributed by atoms with Gasteiger partial charge in [0.15, 0.2) is 12.2 Å². The largest absolute Gasteiger partial charge is 0.472 e. The molecule has 0 saturated heterocycles. The number of carbonyl (C=O) groups is 4. The standard InChI is InChI=1S/C75H132O17P2/c1-5-9-13-17-21-25-29-32-34-37-41-44-48-52-56-60-73(78)86-66-71(92-75(80)62-58-54-50-46-42-38-35-33-30-26-22-18-14-10-6-2)68-90-94(83,84)88-64-69(76)63-87-93(81,82)89-67-70(91-74(79)61-57-53-49-45-39-28-24-20-16-12-8-4)65-85-72(77)59-55-51-47-43-40-36-31-27-23-19-15-11-7-3/h9,13,21,25,27,31-35,41,44,52,56,69-71,76H,5-8,10-12,14-20,22-24,26,28-30,36-40,42-43,45-51,53-55,57-68H2,1-4H3,(H,81,82)(H,83,84)/b13-9-,25-21-,31-27-,34-32-,35-33-,44-41-,56-52-. The predicted octanol–water partition coefficient (Wildman–Crippen LogP) is 20.7. The molecule has 5 unspecified atom stereocenters. The van der Waals surface area contributed by atoms with Crippen LogP contribution in [0.3, 0.4) is 0 Å². The Labute approximate surface area is 570 Å². The number of hydrogen-bond acceptors (Lipinski definition) is 15. The second-order valence-electron chi connectivity index (χ2n) is 24.5. The van der Waals surface area contributed by atoms with Crippen LogP contribution in [0.4, 0.5) is 0 Å². The van der Waals surface area contributed by atoms with Crippen LogP contribution in [-0.2, 0) is 65.4 Å². The van der Waals surface area contributed by atoms with Gasteiger partial charge >= 0.3 is 39.5 Å². The van der Waals surface area contributed by atoms with Crippen molar-refractivity contribution in [1.82, 2.24) is 0 Å². The number of aliphatic hydroxyl groups is 1. The highest BCUT2D eigenvalue weighted by Gasteiger charge is 2.30. The van der Waals surface area contributed by atoms with Crippen LogP contribution >= 0.6 is 15.6 Å². The van der Waals surface area contributed by atoms with E-state index in [1.165, 1.54) is 103 Å². The zero-order valence-corrected chi connectivity index (χ0v) is 60.9. The summed E-state index contributed by atoms with van der Waals surface area (Å²) in [5.41, 5.74) is 0. The van der Waals surface area contributed by atoms with E-state index in [1.54, 1.807) is 6.08 Å². The summed E-state index contributed by atoms with van der Waals surface area (Å²) in [4.78, 5) is 72.6. The number of esters is 4. The molecule has 544 valence electrons. The summed E-state index contributed by atoms with van der Waals surface area (Å²) >= 11 is 0. The first-order valence-corrected chi connectivity index (χ1v) is 39.8. The number of aliphatic hydroxyl groups excluding tert-OH is 1. The van der Waals surface area contributed by atoms with Crippen molar-refractivity contribution in [2.24, 2.45) is 0 Å². The lowest BCUT2D eigenvalue weighted by Crippen LogP contribution is -2.30. The Morgan fingerprint density at radius 3 is 0.947 bits per heavy atom. The molecule has 0 radical (unpaired) electrons. The van der Waals surface area contributed by atoms with Crippen molar-refractivity contribution in [1.29, 1.82) is 0 Å².